The predicted molar refractivity (Wildman–Crippen MR) is 42.5 cm³/mol. The van der Waals surface area contributed by atoms with E-state index in [9.17, 15) is 35.1 Å². The van der Waals surface area contributed by atoms with Gasteiger partial charge in [0.05, 0.1) is 6.20 Å². The van der Waals surface area contributed by atoms with E-state index in [0.29, 0.717) is 0 Å². The van der Waals surface area contributed by atoms with Crippen molar-refractivity contribution < 1.29 is 45.0 Å². The van der Waals surface area contributed by atoms with E-state index in [1.54, 1.807) is 0 Å². The van der Waals surface area contributed by atoms with Crippen molar-refractivity contribution in [1.82, 2.24) is 4.98 Å². The van der Waals surface area contributed by atoms with Crippen LogP contribution >= 0.6 is 0 Å². The van der Waals surface area contributed by atoms with Gasteiger partial charge in [-0.3, -0.25) is 0 Å². The summed E-state index contributed by atoms with van der Waals surface area (Å²) in [6.07, 6.45) is -14.8. The maximum Gasteiger partial charge on any atom is 0.573 e. The number of hydrogen-bond acceptors (Lipinski definition) is 3. The summed E-state index contributed by atoms with van der Waals surface area (Å²) in [6.45, 7) is 0. The van der Waals surface area contributed by atoms with Gasteiger partial charge in [-0.15, -0.1) is 13.2 Å². The van der Waals surface area contributed by atoms with Crippen LogP contribution in [0.25, 0.3) is 0 Å². The molecule has 1 aromatic rings. The maximum atomic E-state index is 12.4. The summed E-state index contributed by atoms with van der Waals surface area (Å²) in [5.41, 5.74) is -4.06. The highest BCUT2D eigenvalue weighted by Crippen LogP contribution is 2.45. The molecule has 0 aliphatic rings. The van der Waals surface area contributed by atoms with Crippen LogP contribution in [0.2, 0.25) is 0 Å². The number of pyridine rings is 1. The van der Waals surface area contributed by atoms with E-state index < -0.39 is 41.7 Å². The molecule has 1 heterocycles. The van der Waals surface area contributed by atoms with Crippen LogP contribution in [0.5, 0.6) is 11.5 Å². The zero-order chi connectivity index (χ0) is 15.0. The topological polar surface area (TPSA) is 42.4 Å². The van der Waals surface area contributed by atoms with Crippen LogP contribution < -0.4 is 4.74 Å². The SMILES string of the molecule is Oc1c(C(F)F)ncc(OC(F)(F)F)c1C(F)(F)F. The number of aromatic nitrogens is 1. The second-order valence-corrected chi connectivity index (χ2v) is 3.08. The zero-order valence-electron chi connectivity index (χ0n) is 8.48. The van der Waals surface area contributed by atoms with Gasteiger partial charge in [0.1, 0.15) is 11.3 Å². The first-order chi connectivity index (χ1) is 8.43. The maximum absolute atomic E-state index is 12.4. The van der Waals surface area contributed by atoms with Gasteiger partial charge in [0.2, 0.25) is 0 Å². The second-order valence-electron chi connectivity index (χ2n) is 3.08. The third kappa shape index (κ3) is 3.58. The minimum absolute atomic E-state index is 0.183. The number of halogens is 8. The van der Waals surface area contributed by atoms with Gasteiger partial charge in [0.25, 0.3) is 6.43 Å². The largest absolute Gasteiger partial charge is 0.573 e. The highest BCUT2D eigenvalue weighted by molar-refractivity contribution is 5.47. The van der Waals surface area contributed by atoms with Crippen LogP contribution in [0.1, 0.15) is 17.7 Å². The molecule has 108 valence electrons. The van der Waals surface area contributed by atoms with Gasteiger partial charge in [0.15, 0.2) is 11.5 Å². The van der Waals surface area contributed by atoms with Gasteiger partial charge in [-0.1, -0.05) is 0 Å². The molecule has 0 saturated heterocycles. The summed E-state index contributed by atoms with van der Waals surface area (Å²) in [4.78, 5) is 2.61. The smallest absolute Gasteiger partial charge is 0.505 e. The van der Waals surface area contributed by atoms with Gasteiger partial charge in [-0.2, -0.15) is 13.2 Å². The fraction of sp³-hybridized carbons (Fsp3) is 0.375. The lowest BCUT2D eigenvalue weighted by Crippen LogP contribution is -2.21. The van der Waals surface area contributed by atoms with E-state index in [4.69, 9.17) is 5.11 Å². The van der Waals surface area contributed by atoms with Crippen LogP contribution in [0.4, 0.5) is 35.1 Å². The highest BCUT2D eigenvalue weighted by atomic mass is 19.4. The Labute approximate surface area is 99.0 Å². The summed E-state index contributed by atoms with van der Waals surface area (Å²) in [5.74, 6) is -4.02. The quantitative estimate of drug-likeness (QED) is 0.847. The van der Waals surface area contributed by atoms with Crippen molar-refractivity contribution in [2.24, 2.45) is 0 Å². The molecule has 0 spiro atoms. The monoisotopic (exact) mass is 297 g/mol. The molecule has 0 radical (unpaired) electrons. The molecule has 0 bridgehead atoms. The van der Waals surface area contributed by atoms with Gasteiger partial charge >= 0.3 is 12.5 Å². The summed E-state index contributed by atoms with van der Waals surface area (Å²) < 4.78 is 100. The molecule has 0 atom stereocenters. The standard InChI is InChI=1S/C8H3F8NO2/c9-6(10)4-5(18)3(7(11,12)13)2(1-17-4)19-8(14,15)16/h1,6,18H. The molecule has 1 rings (SSSR count). The Bertz CT molecular complexity index is 467. The molecule has 3 nitrogen and oxygen atoms in total. The normalized spacial score (nSPS) is 12.9. The van der Waals surface area contributed by atoms with Crippen molar-refractivity contribution in [1.29, 1.82) is 0 Å². The summed E-state index contributed by atoms with van der Waals surface area (Å²) in [7, 11) is 0. The van der Waals surface area contributed by atoms with Crippen molar-refractivity contribution >= 4 is 0 Å². The molecule has 0 aliphatic heterocycles. The fourth-order valence-electron chi connectivity index (χ4n) is 1.13. The van der Waals surface area contributed by atoms with Gasteiger partial charge in [-0.05, 0) is 0 Å². The van der Waals surface area contributed by atoms with Crippen LogP contribution in [-0.4, -0.2) is 16.5 Å². The Balaban J connectivity index is 3.45. The Morgan fingerprint density at radius 2 is 1.63 bits per heavy atom. The molecular formula is C8H3F8NO2. The Kier molecular flexibility index (Phi) is 3.77. The number of nitrogens with zero attached hydrogens (tertiary/aromatic N) is 1. The Morgan fingerprint density at radius 1 is 1.11 bits per heavy atom. The van der Waals surface area contributed by atoms with Gasteiger partial charge in [0, 0.05) is 0 Å². The third-order valence-corrected chi connectivity index (χ3v) is 1.76. The first-order valence-electron chi connectivity index (χ1n) is 4.26. The van der Waals surface area contributed by atoms with E-state index in [0.717, 1.165) is 0 Å². The lowest BCUT2D eigenvalue weighted by molar-refractivity contribution is -0.276. The molecule has 0 saturated carbocycles. The lowest BCUT2D eigenvalue weighted by Gasteiger charge is -2.17. The van der Waals surface area contributed by atoms with E-state index in [-0.39, 0.29) is 6.20 Å². The molecular weight excluding hydrogens is 294 g/mol. The van der Waals surface area contributed by atoms with E-state index in [1.165, 1.54) is 0 Å². The van der Waals surface area contributed by atoms with Gasteiger partial charge < -0.3 is 9.84 Å². The minimum Gasteiger partial charge on any atom is -0.505 e. The molecule has 1 aromatic heterocycles. The first kappa shape index (κ1) is 15.2. The molecule has 0 aromatic carbocycles. The van der Waals surface area contributed by atoms with Crippen LogP contribution in [-0.2, 0) is 6.18 Å². The number of aromatic hydroxyl groups is 1. The number of alkyl halides is 8. The molecule has 0 fully saturated rings. The van der Waals surface area contributed by atoms with Crippen molar-refractivity contribution in [3.63, 3.8) is 0 Å². The second kappa shape index (κ2) is 4.70. The van der Waals surface area contributed by atoms with E-state index in [2.05, 4.69) is 9.72 Å². The Hall–Kier alpha value is -1.81. The van der Waals surface area contributed by atoms with Crippen LogP contribution in [0.15, 0.2) is 6.20 Å². The summed E-state index contributed by atoms with van der Waals surface area (Å²) >= 11 is 0. The molecule has 0 aliphatic carbocycles. The molecule has 19 heavy (non-hydrogen) atoms. The Morgan fingerprint density at radius 3 is 2.00 bits per heavy atom. The van der Waals surface area contributed by atoms with Crippen molar-refractivity contribution in [3.8, 4) is 11.5 Å². The first-order valence-corrected chi connectivity index (χ1v) is 4.26. The lowest BCUT2D eigenvalue weighted by atomic mass is 10.1. The van der Waals surface area contributed by atoms with Crippen LogP contribution in [0.3, 0.4) is 0 Å². The predicted octanol–water partition coefficient (Wildman–Crippen LogP) is 3.64. The average Bonchev–Trinajstić information content (AvgIpc) is 2.11. The number of hydrogen-bond donors (Lipinski definition) is 1. The summed E-state index contributed by atoms with van der Waals surface area (Å²) in [5, 5.41) is 8.96. The van der Waals surface area contributed by atoms with Gasteiger partial charge in [-0.25, -0.2) is 13.8 Å². The van der Waals surface area contributed by atoms with E-state index in [1.807, 2.05) is 0 Å². The molecule has 0 amide bonds. The van der Waals surface area contributed by atoms with Crippen molar-refractivity contribution in [2.75, 3.05) is 0 Å². The average molecular weight is 297 g/mol. The third-order valence-electron chi connectivity index (χ3n) is 1.76. The molecule has 1 N–H and O–H groups in total. The highest BCUT2D eigenvalue weighted by Gasteiger charge is 2.43. The minimum atomic E-state index is -5.53. The van der Waals surface area contributed by atoms with Crippen molar-refractivity contribution in [3.05, 3.63) is 17.5 Å². The summed E-state index contributed by atoms with van der Waals surface area (Å²) in [6, 6.07) is 0. The fourth-order valence-corrected chi connectivity index (χ4v) is 1.13. The van der Waals surface area contributed by atoms with Crippen molar-refractivity contribution in [2.45, 2.75) is 19.0 Å². The number of rotatable bonds is 2. The number of ether oxygens (including phenoxy) is 1. The molecule has 0 unspecified atom stereocenters. The zero-order valence-corrected chi connectivity index (χ0v) is 8.48. The van der Waals surface area contributed by atoms with Crippen LogP contribution in [0, 0.1) is 0 Å². The molecule has 11 heteroatoms. The van der Waals surface area contributed by atoms with E-state index >= 15 is 0 Å².